The van der Waals surface area contributed by atoms with Crippen LogP contribution in [0.5, 0.6) is 0 Å². The standard InChI is InChI=1S/C15H21BrN2/c16-12-5-6-13-14(9-12)18-11-15(10-17-13)7-3-1-2-4-8-15/h5-6,9,17-18H,1-4,7-8,10-11H2. The summed E-state index contributed by atoms with van der Waals surface area (Å²) in [7, 11) is 0. The summed E-state index contributed by atoms with van der Waals surface area (Å²) >= 11 is 3.55. The molecule has 1 saturated carbocycles. The van der Waals surface area contributed by atoms with Crippen LogP contribution >= 0.6 is 15.9 Å². The molecule has 98 valence electrons. The predicted octanol–water partition coefficient (Wildman–Crippen LogP) is 4.63. The average Bonchev–Trinajstić information content (AvgIpc) is 2.70. The van der Waals surface area contributed by atoms with Crippen LogP contribution in [-0.2, 0) is 0 Å². The van der Waals surface area contributed by atoms with E-state index in [4.69, 9.17) is 0 Å². The van der Waals surface area contributed by atoms with Gasteiger partial charge in [-0.2, -0.15) is 0 Å². The quantitative estimate of drug-likeness (QED) is 0.730. The molecule has 0 aromatic heterocycles. The van der Waals surface area contributed by atoms with E-state index in [1.807, 2.05) is 0 Å². The molecule has 0 radical (unpaired) electrons. The van der Waals surface area contributed by atoms with Crippen molar-refractivity contribution in [2.45, 2.75) is 38.5 Å². The van der Waals surface area contributed by atoms with E-state index in [-0.39, 0.29) is 0 Å². The second kappa shape index (κ2) is 5.12. The highest BCUT2D eigenvalue weighted by atomic mass is 79.9. The van der Waals surface area contributed by atoms with Crippen molar-refractivity contribution in [1.82, 2.24) is 0 Å². The van der Waals surface area contributed by atoms with Crippen LogP contribution in [0.4, 0.5) is 11.4 Å². The van der Waals surface area contributed by atoms with Gasteiger partial charge in [0.1, 0.15) is 0 Å². The largest absolute Gasteiger partial charge is 0.383 e. The van der Waals surface area contributed by atoms with E-state index < -0.39 is 0 Å². The first kappa shape index (κ1) is 12.3. The van der Waals surface area contributed by atoms with Gasteiger partial charge < -0.3 is 10.6 Å². The van der Waals surface area contributed by atoms with Crippen molar-refractivity contribution >= 4 is 27.3 Å². The molecule has 1 aromatic rings. The molecule has 0 unspecified atom stereocenters. The first-order valence-electron chi connectivity index (χ1n) is 7.05. The summed E-state index contributed by atoms with van der Waals surface area (Å²) in [5.74, 6) is 0. The lowest BCUT2D eigenvalue weighted by atomic mass is 9.80. The maximum Gasteiger partial charge on any atom is 0.0587 e. The highest BCUT2D eigenvalue weighted by Gasteiger charge is 2.32. The zero-order chi connectivity index (χ0) is 12.4. The number of benzene rings is 1. The maximum atomic E-state index is 3.66. The van der Waals surface area contributed by atoms with E-state index >= 15 is 0 Å². The molecule has 18 heavy (non-hydrogen) atoms. The smallest absolute Gasteiger partial charge is 0.0587 e. The highest BCUT2D eigenvalue weighted by molar-refractivity contribution is 9.10. The number of nitrogens with one attached hydrogen (secondary N) is 2. The van der Waals surface area contributed by atoms with Crippen molar-refractivity contribution in [3.05, 3.63) is 22.7 Å². The van der Waals surface area contributed by atoms with Gasteiger partial charge in [0.2, 0.25) is 0 Å². The second-order valence-electron chi connectivity index (χ2n) is 5.81. The second-order valence-corrected chi connectivity index (χ2v) is 6.73. The monoisotopic (exact) mass is 308 g/mol. The van der Waals surface area contributed by atoms with Crippen molar-refractivity contribution in [2.75, 3.05) is 23.7 Å². The summed E-state index contributed by atoms with van der Waals surface area (Å²) < 4.78 is 1.15. The van der Waals surface area contributed by atoms with Gasteiger partial charge in [0.15, 0.2) is 0 Å². The van der Waals surface area contributed by atoms with E-state index in [0.29, 0.717) is 5.41 Å². The molecule has 3 rings (SSSR count). The molecule has 0 atom stereocenters. The Morgan fingerprint density at radius 3 is 2.28 bits per heavy atom. The van der Waals surface area contributed by atoms with Crippen LogP contribution in [-0.4, -0.2) is 13.1 Å². The Morgan fingerprint density at radius 2 is 1.56 bits per heavy atom. The van der Waals surface area contributed by atoms with Crippen LogP contribution in [0.3, 0.4) is 0 Å². The number of anilines is 2. The maximum absolute atomic E-state index is 3.66. The van der Waals surface area contributed by atoms with Gasteiger partial charge in [0.05, 0.1) is 11.4 Å². The zero-order valence-corrected chi connectivity index (χ0v) is 12.4. The minimum Gasteiger partial charge on any atom is -0.383 e. The highest BCUT2D eigenvalue weighted by Crippen LogP contribution is 2.39. The zero-order valence-electron chi connectivity index (χ0n) is 10.8. The van der Waals surface area contributed by atoms with Gasteiger partial charge in [0.25, 0.3) is 0 Å². The summed E-state index contributed by atoms with van der Waals surface area (Å²) in [6.07, 6.45) is 8.34. The normalized spacial score (nSPS) is 22.3. The van der Waals surface area contributed by atoms with E-state index in [1.54, 1.807) is 0 Å². The molecule has 0 bridgehead atoms. The van der Waals surface area contributed by atoms with Crippen molar-refractivity contribution in [3.8, 4) is 0 Å². The minimum atomic E-state index is 0.460. The Morgan fingerprint density at radius 1 is 0.889 bits per heavy atom. The number of hydrogen-bond donors (Lipinski definition) is 2. The topological polar surface area (TPSA) is 24.1 Å². The Labute approximate surface area is 118 Å². The Bertz CT molecular complexity index is 423. The molecule has 1 aliphatic heterocycles. The first-order chi connectivity index (χ1) is 8.77. The molecule has 1 fully saturated rings. The van der Waals surface area contributed by atoms with Gasteiger partial charge in [-0.3, -0.25) is 0 Å². The number of fused-ring (bicyclic) bond motifs is 1. The summed E-state index contributed by atoms with van der Waals surface area (Å²) in [6.45, 7) is 2.23. The van der Waals surface area contributed by atoms with Crippen molar-refractivity contribution < 1.29 is 0 Å². The fourth-order valence-electron chi connectivity index (χ4n) is 3.28. The summed E-state index contributed by atoms with van der Waals surface area (Å²) in [6, 6.07) is 6.46. The van der Waals surface area contributed by atoms with Gasteiger partial charge in [-0.1, -0.05) is 41.6 Å². The molecule has 1 spiro atoms. The predicted molar refractivity (Wildman–Crippen MR) is 81.3 cm³/mol. The van der Waals surface area contributed by atoms with Crippen molar-refractivity contribution in [1.29, 1.82) is 0 Å². The van der Waals surface area contributed by atoms with Crippen LogP contribution in [0.25, 0.3) is 0 Å². The Hall–Kier alpha value is -0.700. The van der Waals surface area contributed by atoms with Crippen LogP contribution in [0.1, 0.15) is 38.5 Å². The van der Waals surface area contributed by atoms with Crippen LogP contribution in [0.15, 0.2) is 22.7 Å². The molecule has 1 aromatic carbocycles. The molecule has 1 heterocycles. The number of hydrogen-bond acceptors (Lipinski definition) is 2. The van der Waals surface area contributed by atoms with Crippen LogP contribution < -0.4 is 10.6 Å². The third-order valence-electron chi connectivity index (χ3n) is 4.45. The lowest BCUT2D eigenvalue weighted by molar-refractivity contribution is 0.286. The van der Waals surface area contributed by atoms with Gasteiger partial charge in [-0.15, -0.1) is 0 Å². The molecule has 0 amide bonds. The molecule has 1 aliphatic carbocycles. The molecule has 2 nitrogen and oxygen atoms in total. The van der Waals surface area contributed by atoms with E-state index in [1.165, 1.54) is 49.9 Å². The molecular formula is C15H21BrN2. The van der Waals surface area contributed by atoms with E-state index in [0.717, 1.165) is 17.6 Å². The fourth-order valence-corrected chi connectivity index (χ4v) is 3.64. The SMILES string of the molecule is Brc1ccc2c(c1)NCC1(CCCCCC1)CN2. The summed E-state index contributed by atoms with van der Waals surface area (Å²) in [5.41, 5.74) is 2.95. The Balaban J connectivity index is 1.81. The lowest BCUT2D eigenvalue weighted by Crippen LogP contribution is -2.34. The third-order valence-corrected chi connectivity index (χ3v) is 4.95. The fraction of sp³-hybridized carbons (Fsp3) is 0.600. The first-order valence-corrected chi connectivity index (χ1v) is 7.84. The Kier molecular flexibility index (Phi) is 3.51. The number of halogens is 1. The van der Waals surface area contributed by atoms with Gasteiger partial charge in [-0.25, -0.2) is 0 Å². The van der Waals surface area contributed by atoms with Crippen molar-refractivity contribution in [3.63, 3.8) is 0 Å². The van der Waals surface area contributed by atoms with E-state index in [2.05, 4.69) is 44.8 Å². The number of rotatable bonds is 0. The van der Waals surface area contributed by atoms with Crippen LogP contribution in [0, 0.1) is 5.41 Å². The van der Waals surface area contributed by atoms with E-state index in [9.17, 15) is 0 Å². The third kappa shape index (κ3) is 2.51. The van der Waals surface area contributed by atoms with Gasteiger partial charge in [-0.05, 0) is 31.0 Å². The molecule has 2 aliphatic rings. The molecule has 3 heteroatoms. The minimum absolute atomic E-state index is 0.460. The molecule has 2 N–H and O–H groups in total. The van der Waals surface area contributed by atoms with Gasteiger partial charge in [0, 0.05) is 23.0 Å². The lowest BCUT2D eigenvalue weighted by Gasteiger charge is -2.31. The molecule has 0 saturated heterocycles. The summed E-state index contributed by atoms with van der Waals surface area (Å²) in [5, 5.41) is 7.32. The average molecular weight is 309 g/mol. The molecular weight excluding hydrogens is 288 g/mol. The summed E-state index contributed by atoms with van der Waals surface area (Å²) in [4.78, 5) is 0. The van der Waals surface area contributed by atoms with Crippen LogP contribution in [0.2, 0.25) is 0 Å². The van der Waals surface area contributed by atoms with Crippen molar-refractivity contribution in [2.24, 2.45) is 5.41 Å². The van der Waals surface area contributed by atoms with Gasteiger partial charge >= 0.3 is 0 Å².